The van der Waals surface area contributed by atoms with E-state index in [9.17, 15) is 4.79 Å². The molecule has 0 heterocycles. The molecule has 4 N–H and O–H groups in total. The standard InChI is InChI=1S/C15H14BrN3O/c16-12-3-1-11(2-4-12)9-10-18-15(20)19-14-7-5-13(17)6-8-14/h1-10H,17H2,(H2,18,19,20)/b10-9+. The van der Waals surface area contributed by atoms with Crippen molar-refractivity contribution in [1.29, 1.82) is 0 Å². The van der Waals surface area contributed by atoms with E-state index < -0.39 is 0 Å². The van der Waals surface area contributed by atoms with E-state index in [1.54, 1.807) is 30.5 Å². The van der Waals surface area contributed by atoms with Crippen LogP contribution in [0.1, 0.15) is 5.56 Å². The van der Waals surface area contributed by atoms with Crippen LogP contribution in [0, 0.1) is 0 Å². The minimum absolute atomic E-state index is 0.303. The highest BCUT2D eigenvalue weighted by Crippen LogP contribution is 2.11. The molecule has 0 aromatic heterocycles. The maximum Gasteiger partial charge on any atom is 0.323 e. The Hall–Kier alpha value is -2.27. The van der Waals surface area contributed by atoms with Crippen LogP contribution < -0.4 is 16.4 Å². The van der Waals surface area contributed by atoms with Gasteiger partial charge in [-0.25, -0.2) is 4.79 Å². The van der Waals surface area contributed by atoms with Crippen LogP contribution in [0.4, 0.5) is 16.2 Å². The highest BCUT2D eigenvalue weighted by atomic mass is 79.9. The number of rotatable bonds is 3. The predicted molar refractivity (Wildman–Crippen MR) is 86.2 cm³/mol. The molecule has 20 heavy (non-hydrogen) atoms. The molecule has 0 aliphatic rings. The van der Waals surface area contributed by atoms with Crippen molar-refractivity contribution in [3.05, 3.63) is 64.8 Å². The summed E-state index contributed by atoms with van der Waals surface area (Å²) in [4.78, 5) is 11.6. The van der Waals surface area contributed by atoms with Gasteiger partial charge in [0.2, 0.25) is 0 Å². The van der Waals surface area contributed by atoms with E-state index in [4.69, 9.17) is 5.73 Å². The first-order valence-electron chi connectivity index (χ1n) is 5.99. The van der Waals surface area contributed by atoms with Crippen molar-refractivity contribution in [1.82, 2.24) is 5.32 Å². The second kappa shape index (κ2) is 6.77. The number of carbonyl (C=O) groups is 1. The van der Waals surface area contributed by atoms with E-state index in [1.165, 1.54) is 0 Å². The van der Waals surface area contributed by atoms with Gasteiger partial charge in [0.15, 0.2) is 0 Å². The first-order valence-corrected chi connectivity index (χ1v) is 6.78. The molecule has 0 saturated carbocycles. The zero-order chi connectivity index (χ0) is 14.4. The van der Waals surface area contributed by atoms with Gasteiger partial charge in [-0.15, -0.1) is 0 Å². The van der Waals surface area contributed by atoms with Crippen LogP contribution in [0.5, 0.6) is 0 Å². The number of halogens is 1. The van der Waals surface area contributed by atoms with Crippen LogP contribution in [0.25, 0.3) is 6.08 Å². The third-order valence-electron chi connectivity index (χ3n) is 2.53. The third kappa shape index (κ3) is 4.44. The Morgan fingerprint density at radius 2 is 1.70 bits per heavy atom. The van der Waals surface area contributed by atoms with E-state index in [0.29, 0.717) is 11.4 Å². The van der Waals surface area contributed by atoms with Gasteiger partial charge in [0.05, 0.1) is 0 Å². The number of nitrogens with one attached hydrogen (secondary N) is 2. The Kier molecular flexibility index (Phi) is 4.79. The van der Waals surface area contributed by atoms with E-state index in [2.05, 4.69) is 26.6 Å². The molecule has 0 atom stereocenters. The zero-order valence-electron chi connectivity index (χ0n) is 10.6. The number of hydrogen-bond donors (Lipinski definition) is 3. The minimum Gasteiger partial charge on any atom is -0.399 e. The maximum absolute atomic E-state index is 11.6. The van der Waals surface area contributed by atoms with E-state index in [0.717, 1.165) is 10.0 Å². The molecule has 0 saturated heterocycles. The lowest BCUT2D eigenvalue weighted by atomic mass is 10.2. The molecular weight excluding hydrogens is 318 g/mol. The second-order valence-corrected chi connectivity index (χ2v) is 5.02. The number of amides is 2. The highest BCUT2D eigenvalue weighted by molar-refractivity contribution is 9.10. The Morgan fingerprint density at radius 3 is 2.35 bits per heavy atom. The van der Waals surface area contributed by atoms with E-state index in [-0.39, 0.29) is 6.03 Å². The smallest absolute Gasteiger partial charge is 0.323 e. The number of urea groups is 1. The van der Waals surface area contributed by atoms with Gasteiger partial charge in [-0.3, -0.25) is 0 Å². The van der Waals surface area contributed by atoms with Crippen LogP contribution in [0.15, 0.2) is 59.2 Å². The van der Waals surface area contributed by atoms with Gasteiger partial charge in [0.1, 0.15) is 0 Å². The number of hydrogen-bond acceptors (Lipinski definition) is 2. The van der Waals surface area contributed by atoms with Crippen molar-refractivity contribution >= 4 is 39.4 Å². The molecule has 4 nitrogen and oxygen atoms in total. The zero-order valence-corrected chi connectivity index (χ0v) is 12.2. The summed E-state index contributed by atoms with van der Waals surface area (Å²) in [6, 6.07) is 14.4. The number of carbonyl (C=O) groups excluding carboxylic acids is 1. The average molecular weight is 332 g/mol. The van der Waals surface area contributed by atoms with Crippen molar-refractivity contribution in [2.45, 2.75) is 0 Å². The molecule has 0 aliphatic heterocycles. The summed E-state index contributed by atoms with van der Waals surface area (Å²) in [6.07, 6.45) is 3.41. The molecule has 2 aromatic carbocycles. The molecule has 5 heteroatoms. The summed E-state index contributed by atoms with van der Waals surface area (Å²) in [5, 5.41) is 5.34. The van der Waals surface area contributed by atoms with Crippen LogP contribution in [0.3, 0.4) is 0 Å². The first kappa shape index (κ1) is 14.1. The Labute approximate surface area is 125 Å². The van der Waals surface area contributed by atoms with Gasteiger partial charge in [-0.05, 0) is 48.0 Å². The van der Waals surface area contributed by atoms with Crippen molar-refractivity contribution in [2.24, 2.45) is 0 Å². The molecule has 102 valence electrons. The predicted octanol–water partition coefficient (Wildman–Crippen LogP) is 3.82. The molecule has 0 radical (unpaired) electrons. The van der Waals surface area contributed by atoms with Crippen LogP contribution >= 0.6 is 15.9 Å². The van der Waals surface area contributed by atoms with Gasteiger partial charge in [0.25, 0.3) is 0 Å². The fourth-order valence-electron chi connectivity index (χ4n) is 1.52. The lowest BCUT2D eigenvalue weighted by Crippen LogP contribution is -2.23. The molecule has 0 bridgehead atoms. The SMILES string of the molecule is Nc1ccc(NC(=O)N/C=C/c2ccc(Br)cc2)cc1. The number of benzene rings is 2. The van der Waals surface area contributed by atoms with Crippen molar-refractivity contribution in [3.8, 4) is 0 Å². The normalized spacial score (nSPS) is 10.4. The Bertz CT molecular complexity index is 606. The van der Waals surface area contributed by atoms with Gasteiger partial charge in [-0.2, -0.15) is 0 Å². The van der Waals surface area contributed by atoms with Crippen molar-refractivity contribution in [3.63, 3.8) is 0 Å². The molecule has 2 aromatic rings. The number of nitrogen functional groups attached to an aromatic ring is 1. The molecule has 2 rings (SSSR count). The summed E-state index contributed by atoms with van der Waals surface area (Å²) in [5.74, 6) is 0. The summed E-state index contributed by atoms with van der Waals surface area (Å²) < 4.78 is 1.02. The Morgan fingerprint density at radius 1 is 1.05 bits per heavy atom. The van der Waals surface area contributed by atoms with Gasteiger partial charge in [-0.1, -0.05) is 28.1 Å². The first-order chi connectivity index (χ1) is 9.63. The number of anilines is 2. The molecular formula is C15H14BrN3O. The summed E-state index contributed by atoms with van der Waals surface area (Å²) >= 11 is 3.37. The van der Waals surface area contributed by atoms with Crippen molar-refractivity contribution < 1.29 is 4.79 Å². The minimum atomic E-state index is -0.303. The third-order valence-corrected chi connectivity index (χ3v) is 3.06. The summed E-state index contributed by atoms with van der Waals surface area (Å²) in [6.45, 7) is 0. The van der Waals surface area contributed by atoms with Crippen LogP contribution in [-0.4, -0.2) is 6.03 Å². The largest absolute Gasteiger partial charge is 0.399 e. The van der Waals surface area contributed by atoms with E-state index in [1.807, 2.05) is 30.3 Å². The van der Waals surface area contributed by atoms with Gasteiger partial charge < -0.3 is 16.4 Å². The maximum atomic E-state index is 11.6. The van der Waals surface area contributed by atoms with Crippen LogP contribution in [0.2, 0.25) is 0 Å². The van der Waals surface area contributed by atoms with Gasteiger partial charge >= 0.3 is 6.03 Å². The summed E-state index contributed by atoms with van der Waals surface area (Å²) in [5.41, 5.74) is 7.92. The number of nitrogens with two attached hydrogens (primary N) is 1. The second-order valence-electron chi connectivity index (χ2n) is 4.11. The lowest BCUT2D eigenvalue weighted by molar-refractivity contribution is 0.255. The fraction of sp³-hybridized carbons (Fsp3) is 0. The van der Waals surface area contributed by atoms with E-state index >= 15 is 0 Å². The van der Waals surface area contributed by atoms with Crippen LogP contribution in [-0.2, 0) is 0 Å². The fourth-order valence-corrected chi connectivity index (χ4v) is 1.79. The van der Waals surface area contributed by atoms with Crippen molar-refractivity contribution in [2.75, 3.05) is 11.1 Å². The average Bonchev–Trinajstić information content (AvgIpc) is 2.44. The summed E-state index contributed by atoms with van der Waals surface area (Å²) in [7, 11) is 0. The molecule has 0 aliphatic carbocycles. The topological polar surface area (TPSA) is 67.1 Å². The molecule has 0 unspecified atom stereocenters. The molecule has 2 amide bonds. The lowest BCUT2D eigenvalue weighted by Gasteiger charge is -2.04. The Balaban J connectivity index is 1.85. The van der Waals surface area contributed by atoms with Gasteiger partial charge in [0, 0.05) is 22.0 Å². The molecule has 0 spiro atoms. The highest BCUT2D eigenvalue weighted by Gasteiger charge is 1.98. The molecule has 0 fully saturated rings. The monoisotopic (exact) mass is 331 g/mol. The quantitative estimate of drug-likeness (QED) is 0.748.